The van der Waals surface area contributed by atoms with Crippen LogP contribution in [0.5, 0.6) is 5.75 Å². The first-order valence-corrected chi connectivity index (χ1v) is 13.2. The first kappa shape index (κ1) is 24.2. The van der Waals surface area contributed by atoms with Crippen molar-refractivity contribution >= 4 is 10.8 Å². The van der Waals surface area contributed by atoms with Gasteiger partial charge in [-0.1, -0.05) is 56.7 Å². The van der Waals surface area contributed by atoms with Crippen LogP contribution in [0.15, 0.2) is 36.9 Å². The minimum absolute atomic E-state index is 0.000934. The van der Waals surface area contributed by atoms with Gasteiger partial charge in [0.2, 0.25) is 5.82 Å². The highest BCUT2D eigenvalue weighted by Gasteiger charge is 2.26. The minimum atomic E-state index is -0.875. The maximum absolute atomic E-state index is 14.7. The van der Waals surface area contributed by atoms with Gasteiger partial charge in [-0.25, -0.2) is 4.39 Å². The Labute approximate surface area is 198 Å². The third-order valence-electron chi connectivity index (χ3n) is 8.36. The van der Waals surface area contributed by atoms with Gasteiger partial charge in [0.1, 0.15) is 0 Å². The summed E-state index contributed by atoms with van der Waals surface area (Å²) in [5.41, 5.74) is 1.15. The zero-order chi connectivity index (χ0) is 23.2. The molecule has 2 aromatic rings. The third kappa shape index (κ3) is 5.97. The molecule has 180 valence electrons. The summed E-state index contributed by atoms with van der Waals surface area (Å²) in [6, 6.07) is 7.52. The van der Waals surface area contributed by atoms with E-state index in [1.54, 1.807) is 13.0 Å². The van der Waals surface area contributed by atoms with Crippen LogP contribution in [0, 0.1) is 29.4 Å². The number of hydrogen-bond acceptors (Lipinski definition) is 1. The summed E-state index contributed by atoms with van der Waals surface area (Å²) in [7, 11) is 0. The summed E-state index contributed by atoms with van der Waals surface area (Å²) in [6.07, 6.45) is 17.8. The van der Waals surface area contributed by atoms with Gasteiger partial charge in [-0.15, -0.1) is 6.58 Å². The molecule has 0 saturated heterocycles. The SMILES string of the molecule is C=CCCC1CCC(CCC2CCC(c3ccc4cc(OCC)c(F)c(F)c4c3)CC2)CC1. The van der Waals surface area contributed by atoms with Gasteiger partial charge >= 0.3 is 0 Å². The van der Waals surface area contributed by atoms with E-state index < -0.39 is 11.6 Å². The summed E-state index contributed by atoms with van der Waals surface area (Å²) < 4.78 is 34.3. The molecule has 0 unspecified atom stereocenters. The van der Waals surface area contributed by atoms with E-state index in [0.717, 1.165) is 36.2 Å². The summed E-state index contributed by atoms with van der Waals surface area (Å²) in [5.74, 6) is 1.50. The number of fused-ring (bicyclic) bond motifs is 1. The molecule has 1 nitrogen and oxygen atoms in total. The van der Waals surface area contributed by atoms with Crippen LogP contribution in [0.25, 0.3) is 10.8 Å². The van der Waals surface area contributed by atoms with Gasteiger partial charge in [0, 0.05) is 5.39 Å². The molecule has 0 radical (unpaired) electrons. The Hall–Kier alpha value is -1.90. The molecule has 2 fully saturated rings. The van der Waals surface area contributed by atoms with E-state index in [0.29, 0.717) is 23.3 Å². The Morgan fingerprint density at radius 3 is 2.06 bits per heavy atom. The maximum atomic E-state index is 14.7. The number of hydrogen-bond donors (Lipinski definition) is 0. The van der Waals surface area contributed by atoms with Crippen LogP contribution in [0.1, 0.15) is 95.5 Å². The predicted molar refractivity (Wildman–Crippen MR) is 134 cm³/mol. The van der Waals surface area contributed by atoms with Crippen molar-refractivity contribution in [3.63, 3.8) is 0 Å². The Bertz CT molecular complexity index is 921. The molecule has 2 aromatic carbocycles. The van der Waals surface area contributed by atoms with Crippen LogP contribution in [-0.4, -0.2) is 6.61 Å². The summed E-state index contributed by atoms with van der Waals surface area (Å²) in [5, 5.41) is 1.08. The molecule has 0 amide bonds. The van der Waals surface area contributed by atoms with Crippen LogP contribution in [0.4, 0.5) is 8.78 Å². The molecule has 2 saturated carbocycles. The standard InChI is InChI=1S/C30H40F2O/c1-3-5-6-21-7-9-22(10-8-21)11-12-23-13-15-24(16-14-23)25-17-18-26-20-28(33-4-2)30(32)29(31)27(26)19-25/h3,17-24H,1,4-16H2,2H3. The second-order valence-corrected chi connectivity index (χ2v) is 10.5. The van der Waals surface area contributed by atoms with E-state index in [2.05, 4.69) is 18.7 Å². The quantitative estimate of drug-likeness (QED) is 0.343. The topological polar surface area (TPSA) is 9.23 Å². The number of halogens is 2. The van der Waals surface area contributed by atoms with Gasteiger partial charge in [-0.2, -0.15) is 4.39 Å². The lowest BCUT2D eigenvalue weighted by atomic mass is 9.74. The Morgan fingerprint density at radius 1 is 0.848 bits per heavy atom. The van der Waals surface area contributed by atoms with E-state index >= 15 is 0 Å². The highest BCUT2D eigenvalue weighted by Crippen LogP contribution is 2.41. The fourth-order valence-corrected chi connectivity index (χ4v) is 6.25. The lowest BCUT2D eigenvalue weighted by molar-refractivity contribution is 0.225. The van der Waals surface area contributed by atoms with E-state index in [4.69, 9.17) is 4.74 Å². The molecule has 0 spiro atoms. The van der Waals surface area contributed by atoms with Crippen molar-refractivity contribution in [3.05, 3.63) is 54.1 Å². The second-order valence-electron chi connectivity index (χ2n) is 10.5. The molecule has 0 aromatic heterocycles. The normalized spacial score (nSPS) is 25.8. The van der Waals surface area contributed by atoms with Gasteiger partial charge in [0.05, 0.1) is 6.61 Å². The summed E-state index contributed by atoms with van der Waals surface area (Å²) in [4.78, 5) is 0. The van der Waals surface area contributed by atoms with Crippen molar-refractivity contribution in [1.29, 1.82) is 0 Å². The van der Waals surface area contributed by atoms with E-state index in [1.165, 1.54) is 64.2 Å². The van der Waals surface area contributed by atoms with Gasteiger partial charge in [0.15, 0.2) is 11.6 Å². The molecular formula is C30H40F2O. The third-order valence-corrected chi connectivity index (χ3v) is 8.36. The largest absolute Gasteiger partial charge is 0.491 e. The molecule has 0 atom stereocenters. The molecule has 2 aliphatic rings. The minimum Gasteiger partial charge on any atom is -0.491 e. The zero-order valence-corrected chi connectivity index (χ0v) is 20.3. The van der Waals surface area contributed by atoms with Crippen molar-refractivity contribution in [2.24, 2.45) is 17.8 Å². The van der Waals surface area contributed by atoms with Crippen molar-refractivity contribution in [3.8, 4) is 5.75 Å². The van der Waals surface area contributed by atoms with E-state index in [-0.39, 0.29) is 5.75 Å². The lowest BCUT2D eigenvalue weighted by Gasteiger charge is -2.32. The highest BCUT2D eigenvalue weighted by molar-refractivity contribution is 5.85. The molecule has 0 N–H and O–H groups in total. The molecule has 4 rings (SSSR count). The molecule has 2 aliphatic carbocycles. The smallest absolute Gasteiger partial charge is 0.201 e. The molecule has 3 heteroatoms. The summed E-state index contributed by atoms with van der Waals surface area (Å²) >= 11 is 0. The van der Waals surface area contributed by atoms with E-state index in [1.807, 2.05) is 12.1 Å². The maximum Gasteiger partial charge on any atom is 0.201 e. The van der Waals surface area contributed by atoms with Crippen LogP contribution >= 0.6 is 0 Å². The number of ether oxygens (including phenoxy) is 1. The van der Waals surface area contributed by atoms with Crippen LogP contribution < -0.4 is 4.74 Å². The lowest BCUT2D eigenvalue weighted by Crippen LogP contribution is -2.17. The Balaban J connectivity index is 1.28. The first-order chi connectivity index (χ1) is 16.1. The monoisotopic (exact) mass is 454 g/mol. The van der Waals surface area contributed by atoms with Gasteiger partial charge in [-0.3, -0.25) is 0 Å². The zero-order valence-electron chi connectivity index (χ0n) is 20.3. The highest BCUT2D eigenvalue weighted by atomic mass is 19.2. The Morgan fingerprint density at radius 2 is 1.45 bits per heavy atom. The van der Waals surface area contributed by atoms with Crippen molar-refractivity contribution in [2.45, 2.75) is 89.9 Å². The first-order valence-electron chi connectivity index (χ1n) is 13.2. The fourth-order valence-electron chi connectivity index (χ4n) is 6.25. The Kier molecular flexibility index (Phi) is 8.44. The van der Waals surface area contributed by atoms with Crippen LogP contribution in [0.2, 0.25) is 0 Å². The second kappa shape index (κ2) is 11.5. The molecular weight excluding hydrogens is 414 g/mol. The van der Waals surface area contributed by atoms with Crippen LogP contribution in [-0.2, 0) is 0 Å². The van der Waals surface area contributed by atoms with Crippen molar-refractivity contribution in [1.82, 2.24) is 0 Å². The average molecular weight is 455 g/mol. The molecule has 0 aliphatic heterocycles. The fraction of sp³-hybridized carbons (Fsp3) is 0.600. The molecule has 0 bridgehead atoms. The summed E-state index contributed by atoms with van der Waals surface area (Å²) in [6.45, 7) is 5.95. The predicted octanol–water partition coefficient (Wildman–Crippen LogP) is 9.34. The van der Waals surface area contributed by atoms with E-state index in [9.17, 15) is 8.78 Å². The van der Waals surface area contributed by atoms with Crippen molar-refractivity contribution < 1.29 is 13.5 Å². The molecule has 33 heavy (non-hydrogen) atoms. The number of benzene rings is 2. The average Bonchev–Trinajstić information content (AvgIpc) is 2.85. The number of allylic oxidation sites excluding steroid dienone is 1. The van der Waals surface area contributed by atoms with Crippen LogP contribution in [0.3, 0.4) is 0 Å². The van der Waals surface area contributed by atoms with Gasteiger partial charge in [-0.05, 0) is 92.2 Å². The number of rotatable bonds is 9. The van der Waals surface area contributed by atoms with Gasteiger partial charge in [0.25, 0.3) is 0 Å². The van der Waals surface area contributed by atoms with Gasteiger partial charge < -0.3 is 4.74 Å². The molecule has 0 heterocycles. The van der Waals surface area contributed by atoms with Crippen molar-refractivity contribution in [2.75, 3.05) is 6.61 Å².